The molecule has 3 aliphatic rings. The average molecular weight is 731 g/mol. The molecule has 1 amide bonds. The van der Waals surface area contributed by atoms with Gasteiger partial charge in [-0.25, -0.2) is 18.3 Å². The number of nitrogens with zero attached hydrogens (tertiary/aromatic N) is 4. The van der Waals surface area contributed by atoms with Crippen LogP contribution < -0.4 is 14.8 Å². The molecule has 4 aromatic rings. The molecule has 14 heteroatoms. The van der Waals surface area contributed by atoms with E-state index in [4.69, 9.17) is 47.2 Å². The van der Waals surface area contributed by atoms with E-state index in [1.807, 2.05) is 0 Å². The van der Waals surface area contributed by atoms with Crippen molar-refractivity contribution in [3.8, 4) is 22.8 Å². The van der Waals surface area contributed by atoms with Gasteiger partial charge in [-0.05, 0) is 65.2 Å². The van der Waals surface area contributed by atoms with Crippen molar-refractivity contribution in [2.75, 3.05) is 33.4 Å². The molecule has 0 saturated carbocycles. The molecule has 7 rings (SSSR count). The molecule has 2 aromatic carbocycles. The largest absolute Gasteiger partial charge is 0.493 e. The Kier molecular flexibility index (Phi) is 9.11. The van der Waals surface area contributed by atoms with E-state index in [1.54, 1.807) is 44.5 Å². The number of likely N-dealkylation sites (tertiary alicyclic amines) is 1. The van der Waals surface area contributed by atoms with E-state index in [-0.39, 0.29) is 17.4 Å². The van der Waals surface area contributed by atoms with Gasteiger partial charge in [-0.3, -0.25) is 9.88 Å². The van der Waals surface area contributed by atoms with Gasteiger partial charge in [0, 0.05) is 72.2 Å². The number of methoxy groups -OCH3 is 1. The van der Waals surface area contributed by atoms with Crippen molar-refractivity contribution >= 4 is 40.2 Å². The Bertz CT molecular complexity index is 1910. The average Bonchev–Trinajstić information content (AvgIpc) is 3.39. The zero-order valence-corrected chi connectivity index (χ0v) is 30.0. The summed E-state index contributed by atoms with van der Waals surface area (Å²) in [6.45, 7) is 9.05. The SMILES string of the molecule is COc1cc2c(cc1O[C@H](C)c1c(Cl)cncc1Cl)c(-c1cc(F)c(C3N(C(=O)OC(C)(C)C)CC34CNC4)c(F)c1)nn2C1CCCCO1. The normalized spacial score (nSPS) is 20.7. The first kappa shape index (κ1) is 34.7. The minimum absolute atomic E-state index is 0.169. The van der Waals surface area contributed by atoms with Crippen LogP contribution in [0.4, 0.5) is 13.6 Å². The molecule has 2 unspecified atom stereocenters. The predicted octanol–water partition coefficient (Wildman–Crippen LogP) is 8.41. The topological polar surface area (TPSA) is 100.0 Å². The van der Waals surface area contributed by atoms with Crippen molar-refractivity contribution in [1.82, 2.24) is 25.0 Å². The van der Waals surface area contributed by atoms with E-state index < -0.39 is 40.9 Å². The summed E-state index contributed by atoms with van der Waals surface area (Å²) in [4.78, 5) is 18.6. The number of pyridine rings is 1. The molecule has 0 bridgehead atoms. The van der Waals surface area contributed by atoms with Gasteiger partial charge in [-0.2, -0.15) is 5.10 Å². The Labute approximate surface area is 298 Å². The zero-order valence-electron chi connectivity index (χ0n) is 28.5. The van der Waals surface area contributed by atoms with Crippen LogP contribution in [0.1, 0.15) is 76.5 Å². The monoisotopic (exact) mass is 729 g/mol. The summed E-state index contributed by atoms with van der Waals surface area (Å²) in [5, 5.41) is 9.35. The molecule has 10 nitrogen and oxygen atoms in total. The lowest BCUT2D eigenvalue weighted by Gasteiger charge is -2.61. The number of fused-ring (bicyclic) bond motifs is 1. The van der Waals surface area contributed by atoms with E-state index in [9.17, 15) is 4.79 Å². The summed E-state index contributed by atoms with van der Waals surface area (Å²) in [6, 6.07) is 5.26. The number of hydrogen-bond acceptors (Lipinski definition) is 8. The third kappa shape index (κ3) is 6.14. The lowest BCUT2D eigenvalue weighted by atomic mass is 9.64. The molecular formula is C36H39Cl2F2N5O5. The second kappa shape index (κ2) is 13.1. The molecule has 5 heterocycles. The van der Waals surface area contributed by atoms with Crippen LogP contribution in [0.25, 0.3) is 22.2 Å². The van der Waals surface area contributed by atoms with Crippen molar-refractivity contribution in [2.45, 2.75) is 70.9 Å². The molecule has 1 N–H and O–H groups in total. The van der Waals surface area contributed by atoms with Crippen LogP contribution in [-0.4, -0.2) is 64.7 Å². The molecule has 0 aliphatic carbocycles. The highest BCUT2D eigenvalue weighted by atomic mass is 35.5. The maximum atomic E-state index is 16.4. The summed E-state index contributed by atoms with van der Waals surface area (Å²) in [7, 11) is 1.53. The molecule has 0 radical (unpaired) electrons. The van der Waals surface area contributed by atoms with Crippen LogP contribution in [-0.2, 0) is 9.47 Å². The smallest absolute Gasteiger partial charge is 0.410 e. The molecule has 1 spiro atoms. The summed E-state index contributed by atoms with van der Waals surface area (Å²) >= 11 is 12.9. The van der Waals surface area contributed by atoms with E-state index in [0.29, 0.717) is 76.4 Å². The quantitative estimate of drug-likeness (QED) is 0.203. The van der Waals surface area contributed by atoms with E-state index >= 15 is 8.78 Å². The van der Waals surface area contributed by atoms with Crippen LogP contribution in [0.2, 0.25) is 10.0 Å². The minimum Gasteiger partial charge on any atom is -0.493 e. The van der Waals surface area contributed by atoms with Crippen LogP contribution in [0, 0.1) is 17.0 Å². The number of ether oxygens (including phenoxy) is 4. The highest BCUT2D eigenvalue weighted by Gasteiger charge is 2.60. The van der Waals surface area contributed by atoms with Gasteiger partial charge in [0.15, 0.2) is 17.7 Å². The summed E-state index contributed by atoms with van der Waals surface area (Å²) in [6.07, 6.45) is 3.96. The molecule has 3 atom stereocenters. The third-order valence-electron chi connectivity index (χ3n) is 9.61. The Morgan fingerprint density at radius 2 is 1.78 bits per heavy atom. The van der Waals surface area contributed by atoms with Gasteiger partial charge >= 0.3 is 6.09 Å². The van der Waals surface area contributed by atoms with Crippen molar-refractivity contribution < 1.29 is 32.5 Å². The minimum atomic E-state index is -0.824. The predicted molar refractivity (Wildman–Crippen MR) is 185 cm³/mol. The number of hydrogen-bond donors (Lipinski definition) is 1. The highest BCUT2D eigenvalue weighted by Crippen LogP contribution is 2.53. The molecule has 3 fully saturated rings. The number of aromatic nitrogens is 3. The molecule has 50 heavy (non-hydrogen) atoms. The van der Waals surface area contributed by atoms with Crippen molar-refractivity contribution in [3.63, 3.8) is 0 Å². The number of benzene rings is 2. The van der Waals surface area contributed by atoms with E-state index in [0.717, 1.165) is 12.8 Å². The second-order valence-corrected chi connectivity index (χ2v) is 15.1. The molecule has 3 saturated heterocycles. The van der Waals surface area contributed by atoms with Gasteiger partial charge in [0.1, 0.15) is 29.0 Å². The van der Waals surface area contributed by atoms with Crippen LogP contribution in [0.5, 0.6) is 11.5 Å². The molecule has 3 aliphatic heterocycles. The van der Waals surface area contributed by atoms with Crippen LogP contribution in [0.3, 0.4) is 0 Å². The first-order valence-electron chi connectivity index (χ1n) is 16.7. The first-order chi connectivity index (χ1) is 23.8. The number of halogens is 4. The number of carbonyl (C=O) groups excluding carboxylic acids is 1. The number of amides is 1. The fourth-order valence-corrected chi connectivity index (χ4v) is 7.90. The van der Waals surface area contributed by atoms with Gasteiger partial charge in [0.05, 0.1) is 28.7 Å². The van der Waals surface area contributed by atoms with Gasteiger partial charge in [0.2, 0.25) is 0 Å². The Morgan fingerprint density at radius 1 is 1.08 bits per heavy atom. The Morgan fingerprint density at radius 3 is 2.36 bits per heavy atom. The van der Waals surface area contributed by atoms with Gasteiger partial charge in [-0.15, -0.1) is 0 Å². The van der Waals surface area contributed by atoms with Crippen molar-refractivity contribution in [2.24, 2.45) is 5.41 Å². The standard InChI is InChI=1S/C36H39Cl2F2N5O5/c1-19(30-22(37)14-41-15-23(30)38)49-28-12-21-26(13-27(28)47-5)45(29-8-6-7-9-48-29)43-32(21)20-10-24(39)31(25(40)11-20)33-36(16-42-17-36)18-44(33)34(46)50-35(2,3)4/h10-15,19,29,33,42H,6-9,16-18H2,1-5H3/t19-,29?,33?/m1/s1. The molecule has 2 aromatic heterocycles. The second-order valence-electron chi connectivity index (χ2n) is 14.2. The van der Waals surface area contributed by atoms with Crippen LogP contribution >= 0.6 is 23.2 Å². The van der Waals surface area contributed by atoms with Crippen molar-refractivity contribution in [1.29, 1.82) is 0 Å². The Balaban J connectivity index is 1.32. The van der Waals surface area contributed by atoms with E-state index in [1.165, 1.54) is 36.5 Å². The van der Waals surface area contributed by atoms with Gasteiger partial charge in [0.25, 0.3) is 0 Å². The summed E-state index contributed by atoms with van der Waals surface area (Å²) in [5.41, 5.74) is 0.332. The highest BCUT2D eigenvalue weighted by molar-refractivity contribution is 6.35. The summed E-state index contributed by atoms with van der Waals surface area (Å²) in [5.74, 6) is -0.793. The number of carbonyl (C=O) groups is 1. The fraction of sp³-hybridized carbons (Fsp3) is 0.472. The molecular weight excluding hydrogens is 691 g/mol. The third-order valence-corrected chi connectivity index (χ3v) is 10.2. The zero-order chi connectivity index (χ0) is 35.5. The lowest BCUT2D eigenvalue weighted by Crippen LogP contribution is -2.73. The van der Waals surface area contributed by atoms with Gasteiger partial charge in [-0.1, -0.05) is 23.2 Å². The van der Waals surface area contributed by atoms with Crippen molar-refractivity contribution in [3.05, 3.63) is 69.5 Å². The Hall–Kier alpha value is -3.71. The fourth-order valence-electron chi connectivity index (χ4n) is 7.23. The van der Waals surface area contributed by atoms with Crippen LogP contribution in [0.15, 0.2) is 36.7 Å². The lowest BCUT2D eigenvalue weighted by molar-refractivity contribution is -0.110. The molecule has 266 valence electrons. The number of rotatable bonds is 7. The van der Waals surface area contributed by atoms with Gasteiger partial charge < -0.3 is 24.3 Å². The van der Waals surface area contributed by atoms with E-state index in [2.05, 4.69) is 10.3 Å². The number of nitrogens with one attached hydrogen (secondary N) is 1. The summed E-state index contributed by atoms with van der Waals surface area (Å²) < 4.78 is 58.3. The first-order valence-corrected chi connectivity index (χ1v) is 17.4. The maximum Gasteiger partial charge on any atom is 0.410 e. The maximum absolute atomic E-state index is 16.4.